The molecule has 2 aromatic rings. The largest absolute Gasteiger partial charge is 0.478 e. The fourth-order valence-electron chi connectivity index (χ4n) is 3.99. The van der Waals surface area contributed by atoms with Gasteiger partial charge in [0, 0.05) is 23.6 Å². The number of benzene rings is 2. The van der Waals surface area contributed by atoms with Gasteiger partial charge in [0.1, 0.15) is 0 Å². The van der Waals surface area contributed by atoms with Crippen LogP contribution in [0.2, 0.25) is 0 Å². The molecule has 148 valence electrons. The van der Waals surface area contributed by atoms with Gasteiger partial charge in [-0.15, -0.1) is 0 Å². The number of anilines is 1. The third-order valence-electron chi connectivity index (χ3n) is 5.35. The van der Waals surface area contributed by atoms with E-state index in [1.807, 2.05) is 0 Å². The van der Waals surface area contributed by atoms with E-state index in [1.165, 1.54) is 18.2 Å². The molecule has 0 amide bonds. The maximum absolute atomic E-state index is 13.9. The van der Waals surface area contributed by atoms with Crippen LogP contribution < -0.4 is 5.32 Å². The smallest absolute Gasteiger partial charge is 0.416 e. The molecule has 2 aliphatic heterocycles. The summed E-state index contributed by atoms with van der Waals surface area (Å²) in [7, 11) is 0. The summed E-state index contributed by atoms with van der Waals surface area (Å²) in [5.41, 5.74) is 0.846. The van der Waals surface area contributed by atoms with Crippen molar-refractivity contribution < 1.29 is 32.2 Å². The van der Waals surface area contributed by atoms with Crippen molar-refractivity contribution in [2.24, 2.45) is 5.92 Å². The topological polar surface area (TPSA) is 58.6 Å². The predicted octanol–water partition coefficient (Wildman–Crippen LogP) is 5.33. The number of fused-ring (bicyclic) bond motifs is 3. The number of carboxylic acid groups (broad SMARTS) is 1. The molecule has 0 aromatic heterocycles. The summed E-state index contributed by atoms with van der Waals surface area (Å²) in [6.45, 7) is 0. The van der Waals surface area contributed by atoms with Crippen LogP contribution in [0.3, 0.4) is 0 Å². The van der Waals surface area contributed by atoms with Gasteiger partial charge < -0.3 is 15.2 Å². The van der Waals surface area contributed by atoms with E-state index in [0.29, 0.717) is 17.7 Å². The number of aromatic carboxylic acids is 1. The molecular weight excluding hydrogens is 378 g/mol. The molecule has 4 nitrogen and oxygen atoms in total. The van der Waals surface area contributed by atoms with Gasteiger partial charge in [-0.3, -0.25) is 0 Å². The van der Waals surface area contributed by atoms with Gasteiger partial charge in [0.25, 0.3) is 0 Å². The van der Waals surface area contributed by atoms with Crippen molar-refractivity contribution in [2.75, 3.05) is 5.32 Å². The van der Waals surface area contributed by atoms with Gasteiger partial charge in [0.05, 0.1) is 23.3 Å². The summed E-state index contributed by atoms with van der Waals surface area (Å²) in [5, 5.41) is 12.3. The highest BCUT2D eigenvalue weighted by atomic mass is 19.4. The lowest BCUT2D eigenvalue weighted by Gasteiger charge is -2.44. The molecule has 4 atom stereocenters. The number of rotatable bonds is 2. The monoisotopic (exact) mass is 395 g/mol. The number of carboxylic acids is 1. The van der Waals surface area contributed by atoms with Crippen molar-refractivity contribution in [3.05, 3.63) is 64.7 Å². The van der Waals surface area contributed by atoms with Crippen LogP contribution >= 0.6 is 0 Å². The Bertz CT molecular complexity index is 897. The Labute approximate surface area is 158 Å². The minimum Gasteiger partial charge on any atom is -0.478 e. The minimum absolute atomic E-state index is 0.134. The Morgan fingerprint density at radius 1 is 1.11 bits per heavy atom. The summed E-state index contributed by atoms with van der Waals surface area (Å²) < 4.78 is 58.7. The molecule has 2 aliphatic rings. The van der Waals surface area contributed by atoms with Crippen molar-refractivity contribution in [2.45, 2.75) is 37.5 Å². The summed E-state index contributed by atoms with van der Waals surface area (Å²) in [5.74, 6) is -1.33. The number of carbonyl (C=O) groups is 1. The second kappa shape index (κ2) is 6.77. The van der Waals surface area contributed by atoms with Crippen LogP contribution in [-0.2, 0) is 10.9 Å². The fraction of sp³-hybridized carbons (Fsp3) is 0.350. The van der Waals surface area contributed by atoms with E-state index in [-0.39, 0.29) is 23.9 Å². The van der Waals surface area contributed by atoms with Gasteiger partial charge in [0.15, 0.2) is 6.36 Å². The first-order valence-electron chi connectivity index (χ1n) is 8.84. The van der Waals surface area contributed by atoms with E-state index in [9.17, 15) is 22.4 Å². The van der Waals surface area contributed by atoms with Crippen LogP contribution in [0.1, 0.15) is 52.0 Å². The van der Waals surface area contributed by atoms with Crippen LogP contribution in [0.15, 0.2) is 42.5 Å². The highest BCUT2D eigenvalue weighted by molar-refractivity contribution is 5.87. The van der Waals surface area contributed by atoms with Gasteiger partial charge >= 0.3 is 12.1 Å². The van der Waals surface area contributed by atoms with Crippen molar-refractivity contribution in [1.82, 2.24) is 0 Å². The van der Waals surface area contributed by atoms with Crippen molar-refractivity contribution >= 4 is 11.7 Å². The maximum Gasteiger partial charge on any atom is 0.416 e. The van der Waals surface area contributed by atoms with Crippen molar-refractivity contribution in [3.8, 4) is 0 Å². The maximum atomic E-state index is 13.9. The molecule has 8 heteroatoms. The number of halogens is 4. The van der Waals surface area contributed by atoms with E-state index in [4.69, 9.17) is 9.84 Å². The lowest BCUT2D eigenvalue weighted by Crippen LogP contribution is -2.38. The number of hydrogen-bond acceptors (Lipinski definition) is 3. The number of nitrogens with one attached hydrogen (secondary N) is 1. The molecule has 2 N–H and O–H groups in total. The standard InChI is InChI=1S/C20H17F4NO3/c21-16-8-6-13-17(10-1-3-11(4-2-10)19(26)27)25-15-7-5-12(20(22,23)24)9-14(15)18(13)28-16/h1-5,7,9,13,16-18,25H,6,8H2,(H,26,27)/t13-,16?,17+,18-/m1/s1. The zero-order valence-corrected chi connectivity index (χ0v) is 14.5. The molecule has 0 saturated carbocycles. The first-order chi connectivity index (χ1) is 13.2. The second-order valence-electron chi connectivity index (χ2n) is 7.06. The molecule has 1 saturated heterocycles. The van der Waals surface area contributed by atoms with Crippen molar-refractivity contribution in [1.29, 1.82) is 0 Å². The fourth-order valence-corrected chi connectivity index (χ4v) is 3.99. The Balaban J connectivity index is 1.74. The van der Waals surface area contributed by atoms with Gasteiger partial charge in [-0.25, -0.2) is 9.18 Å². The Hall–Kier alpha value is -2.61. The molecule has 0 aliphatic carbocycles. The molecule has 28 heavy (non-hydrogen) atoms. The molecule has 0 bridgehead atoms. The van der Waals surface area contributed by atoms with Crippen LogP contribution in [0.5, 0.6) is 0 Å². The first kappa shape index (κ1) is 18.7. The molecule has 1 fully saturated rings. The summed E-state index contributed by atoms with van der Waals surface area (Å²) >= 11 is 0. The molecule has 0 spiro atoms. The molecule has 4 rings (SSSR count). The van der Waals surface area contributed by atoms with Gasteiger partial charge in [-0.05, 0) is 42.3 Å². The number of alkyl halides is 4. The summed E-state index contributed by atoms with van der Waals surface area (Å²) in [6.07, 6.45) is -6.26. The lowest BCUT2D eigenvalue weighted by molar-refractivity contribution is -0.151. The van der Waals surface area contributed by atoms with E-state index in [2.05, 4.69) is 5.32 Å². The van der Waals surface area contributed by atoms with Crippen LogP contribution in [-0.4, -0.2) is 17.4 Å². The van der Waals surface area contributed by atoms with Gasteiger partial charge in [-0.2, -0.15) is 13.2 Å². The molecule has 1 unspecified atom stereocenters. The number of ether oxygens (including phenoxy) is 1. The third kappa shape index (κ3) is 3.32. The summed E-state index contributed by atoms with van der Waals surface area (Å²) in [4.78, 5) is 11.1. The zero-order chi connectivity index (χ0) is 20.1. The zero-order valence-electron chi connectivity index (χ0n) is 14.5. The first-order valence-corrected chi connectivity index (χ1v) is 8.84. The molecule has 2 aromatic carbocycles. The average Bonchev–Trinajstić information content (AvgIpc) is 2.66. The van der Waals surface area contributed by atoms with Crippen molar-refractivity contribution in [3.63, 3.8) is 0 Å². The van der Waals surface area contributed by atoms with Crippen LogP contribution in [0.4, 0.5) is 23.2 Å². The van der Waals surface area contributed by atoms with E-state index in [1.54, 1.807) is 12.1 Å². The second-order valence-corrected chi connectivity index (χ2v) is 7.06. The van der Waals surface area contributed by atoms with E-state index >= 15 is 0 Å². The Kier molecular flexibility index (Phi) is 4.53. The summed E-state index contributed by atoms with van der Waals surface area (Å²) in [6, 6.07) is 9.26. The van der Waals surface area contributed by atoms with Crippen LogP contribution in [0.25, 0.3) is 0 Å². The average molecular weight is 395 g/mol. The van der Waals surface area contributed by atoms with E-state index in [0.717, 1.165) is 17.7 Å². The normalized spacial score (nSPS) is 26.7. The SMILES string of the molecule is O=C(O)c1ccc([C@@H]2Nc3ccc(C(F)(F)F)cc3[C@@H]3OC(F)CC[C@H]23)cc1. The molecule has 0 radical (unpaired) electrons. The predicted molar refractivity (Wildman–Crippen MR) is 92.7 cm³/mol. The molecular formula is C20H17F4NO3. The lowest BCUT2D eigenvalue weighted by atomic mass is 9.77. The third-order valence-corrected chi connectivity index (χ3v) is 5.35. The highest BCUT2D eigenvalue weighted by Crippen LogP contribution is 2.51. The number of hydrogen-bond donors (Lipinski definition) is 2. The van der Waals surface area contributed by atoms with E-state index < -0.39 is 30.2 Å². The quantitative estimate of drug-likeness (QED) is 0.675. The minimum atomic E-state index is -4.50. The van der Waals surface area contributed by atoms with Gasteiger partial charge in [-0.1, -0.05) is 12.1 Å². The van der Waals surface area contributed by atoms with Crippen LogP contribution in [0, 0.1) is 5.92 Å². The molecule has 2 heterocycles. The Morgan fingerprint density at radius 2 is 1.82 bits per heavy atom. The van der Waals surface area contributed by atoms with Gasteiger partial charge in [0.2, 0.25) is 0 Å². The highest BCUT2D eigenvalue weighted by Gasteiger charge is 2.43. The Morgan fingerprint density at radius 3 is 2.46 bits per heavy atom.